The van der Waals surface area contributed by atoms with Crippen LogP contribution in [-0.2, 0) is 11.3 Å². The van der Waals surface area contributed by atoms with E-state index in [1.54, 1.807) is 12.0 Å². The van der Waals surface area contributed by atoms with Gasteiger partial charge in [0.1, 0.15) is 11.9 Å². The normalized spacial score (nSPS) is 23.9. The second kappa shape index (κ2) is 9.40. The Hall–Kier alpha value is -2.05. The van der Waals surface area contributed by atoms with E-state index in [4.69, 9.17) is 9.47 Å². The highest BCUT2D eigenvalue weighted by molar-refractivity contribution is 5.87. The van der Waals surface area contributed by atoms with Crippen molar-refractivity contribution >= 4 is 11.8 Å². The molecule has 2 saturated heterocycles. The van der Waals surface area contributed by atoms with E-state index >= 15 is 0 Å². The molecular weight excluding hydrogens is 444 g/mol. The van der Waals surface area contributed by atoms with Crippen LogP contribution in [-0.4, -0.2) is 50.0 Å². The van der Waals surface area contributed by atoms with E-state index in [0.717, 1.165) is 34.3 Å². The summed E-state index contributed by atoms with van der Waals surface area (Å²) in [6, 6.07) is 18.8. The number of quaternary nitrogens is 1. The van der Waals surface area contributed by atoms with Gasteiger partial charge in [-0.25, -0.2) is 4.79 Å². The minimum atomic E-state index is -0.268. The Labute approximate surface area is 189 Å². The Balaban J connectivity index is 0.00000256. The molecular formula is C24H31BrN2O3. The predicted molar refractivity (Wildman–Crippen MR) is 114 cm³/mol. The monoisotopic (exact) mass is 474 g/mol. The van der Waals surface area contributed by atoms with Gasteiger partial charge >= 0.3 is 6.09 Å². The molecule has 5 nitrogen and oxygen atoms in total. The van der Waals surface area contributed by atoms with E-state index in [1.807, 2.05) is 54.6 Å². The number of halogens is 1. The van der Waals surface area contributed by atoms with Gasteiger partial charge < -0.3 is 30.9 Å². The number of hydrogen-bond acceptors (Lipinski definition) is 3. The minimum Gasteiger partial charge on any atom is -1.00 e. The molecule has 0 N–H and O–H groups in total. The molecule has 2 aromatic carbocycles. The number of carbonyl (C=O) groups excluding carboxylic acids is 1. The van der Waals surface area contributed by atoms with Crippen LogP contribution in [0.25, 0.3) is 0 Å². The zero-order valence-electron chi connectivity index (χ0n) is 18.0. The number of benzene rings is 2. The number of nitrogens with zero attached hydrogens (tertiary/aromatic N) is 2. The van der Waals surface area contributed by atoms with Gasteiger partial charge in [0.2, 0.25) is 0 Å². The molecule has 2 fully saturated rings. The maximum absolute atomic E-state index is 13.2. The first kappa shape index (κ1) is 22.6. The number of para-hydroxylation sites is 1. The van der Waals surface area contributed by atoms with E-state index < -0.39 is 0 Å². The molecule has 162 valence electrons. The van der Waals surface area contributed by atoms with Crippen LogP contribution in [0.1, 0.15) is 31.2 Å². The average molecular weight is 475 g/mol. The van der Waals surface area contributed by atoms with Crippen LogP contribution in [0.5, 0.6) is 5.75 Å². The first-order chi connectivity index (χ1) is 14.0. The summed E-state index contributed by atoms with van der Waals surface area (Å²) in [7, 11) is 6.29. The van der Waals surface area contributed by atoms with Crippen molar-refractivity contribution in [3.8, 4) is 5.75 Å². The van der Waals surface area contributed by atoms with E-state index in [2.05, 4.69) is 14.1 Å². The standard InChI is InChI=1S/C24H31N2O3.BrH/c1-26(2)20-12-13-21(26)16-23(15-20)29-24(27)25(19-9-5-4-6-10-19)17-18-8-7-11-22(14-18)28-3;/h4-11,14,20-21,23H,12-13,15-17H2,1-3H3;1H/q+1;/p-1/t20-,21+,23?;. The fourth-order valence-electron chi connectivity index (χ4n) is 4.96. The number of methoxy groups -OCH3 is 1. The molecule has 0 radical (unpaired) electrons. The van der Waals surface area contributed by atoms with Crippen molar-refractivity contribution in [2.24, 2.45) is 0 Å². The highest BCUT2D eigenvalue weighted by atomic mass is 79.9. The molecule has 30 heavy (non-hydrogen) atoms. The lowest BCUT2D eigenvalue weighted by molar-refractivity contribution is -0.931. The second-order valence-corrected chi connectivity index (χ2v) is 8.76. The number of carbonyl (C=O) groups is 1. The van der Waals surface area contributed by atoms with Crippen molar-refractivity contribution in [1.82, 2.24) is 0 Å². The number of piperidine rings is 1. The maximum Gasteiger partial charge on any atom is 0.414 e. The predicted octanol–water partition coefficient (Wildman–Crippen LogP) is 1.61. The molecule has 6 heteroatoms. The van der Waals surface area contributed by atoms with Crippen LogP contribution in [0.2, 0.25) is 0 Å². The Bertz CT molecular complexity index is 843. The fraction of sp³-hybridized carbons (Fsp3) is 0.458. The lowest BCUT2D eigenvalue weighted by atomic mass is 9.98. The number of amides is 1. The molecule has 3 atom stereocenters. The van der Waals surface area contributed by atoms with Gasteiger partial charge in [-0.1, -0.05) is 30.3 Å². The van der Waals surface area contributed by atoms with Crippen molar-refractivity contribution < 1.29 is 35.7 Å². The van der Waals surface area contributed by atoms with E-state index in [-0.39, 0.29) is 29.2 Å². The van der Waals surface area contributed by atoms with Crippen molar-refractivity contribution in [2.45, 2.75) is 50.4 Å². The first-order valence-corrected chi connectivity index (χ1v) is 10.5. The minimum absolute atomic E-state index is 0. The highest BCUT2D eigenvalue weighted by Gasteiger charge is 2.50. The van der Waals surface area contributed by atoms with E-state index in [0.29, 0.717) is 18.6 Å². The van der Waals surface area contributed by atoms with Crippen molar-refractivity contribution in [3.63, 3.8) is 0 Å². The fourth-order valence-corrected chi connectivity index (χ4v) is 4.96. The molecule has 4 rings (SSSR count). The highest BCUT2D eigenvalue weighted by Crippen LogP contribution is 2.40. The molecule has 0 aromatic heterocycles. The molecule has 1 unspecified atom stereocenters. The van der Waals surface area contributed by atoms with Gasteiger partial charge in [0, 0.05) is 31.4 Å². The largest absolute Gasteiger partial charge is 1.00 e. The van der Waals surface area contributed by atoms with Crippen LogP contribution < -0.4 is 26.6 Å². The van der Waals surface area contributed by atoms with Crippen LogP contribution in [0.15, 0.2) is 54.6 Å². The summed E-state index contributed by atoms with van der Waals surface area (Å²) in [4.78, 5) is 15.0. The third-order valence-corrected chi connectivity index (χ3v) is 6.82. The van der Waals surface area contributed by atoms with Gasteiger partial charge in [-0.2, -0.15) is 0 Å². The number of hydrogen-bond donors (Lipinski definition) is 0. The maximum atomic E-state index is 13.2. The summed E-state index contributed by atoms with van der Waals surface area (Å²) in [5.74, 6) is 0.785. The first-order valence-electron chi connectivity index (χ1n) is 10.5. The third-order valence-electron chi connectivity index (χ3n) is 6.82. The Morgan fingerprint density at radius 1 is 1.03 bits per heavy atom. The SMILES string of the molecule is COc1cccc(CN(C(=O)OC2C[C@H]3CC[C@@H](C2)[N+]3(C)C)c2ccccc2)c1.[Br-]. The Morgan fingerprint density at radius 3 is 2.33 bits per heavy atom. The average Bonchev–Trinajstić information content (AvgIpc) is 2.88. The van der Waals surface area contributed by atoms with Crippen molar-refractivity contribution in [2.75, 3.05) is 26.1 Å². The molecule has 2 aliphatic heterocycles. The van der Waals surface area contributed by atoms with Gasteiger partial charge in [-0.05, 0) is 29.8 Å². The number of fused-ring (bicyclic) bond motifs is 2. The summed E-state index contributed by atoms with van der Waals surface area (Å²) in [5, 5.41) is 0. The van der Waals surface area contributed by atoms with E-state index in [1.165, 1.54) is 12.8 Å². The quantitative estimate of drug-likeness (QED) is 0.618. The summed E-state index contributed by atoms with van der Waals surface area (Å²) in [6.45, 7) is 0.446. The summed E-state index contributed by atoms with van der Waals surface area (Å²) in [5.41, 5.74) is 1.85. The molecule has 0 spiro atoms. The Kier molecular flexibility index (Phi) is 7.09. The zero-order valence-corrected chi connectivity index (χ0v) is 19.5. The molecule has 2 heterocycles. The molecule has 0 aliphatic carbocycles. The number of ether oxygens (including phenoxy) is 2. The topological polar surface area (TPSA) is 38.8 Å². The summed E-state index contributed by atoms with van der Waals surface area (Å²) < 4.78 is 12.5. The van der Waals surface area contributed by atoms with Gasteiger partial charge in [0.15, 0.2) is 0 Å². The van der Waals surface area contributed by atoms with Gasteiger partial charge in [0.05, 0.1) is 39.8 Å². The van der Waals surface area contributed by atoms with Crippen LogP contribution in [0.4, 0.5) is 10.5 Å². The van der Waals surface area contributed by atoms with Crippen LogP contribution in [0.3, 0.4) is 0 Å². The van der Waals surface area contributed by atoms with Crippen molar-refractivity contribution in [3.05, 3.63) is 60.2 Å². The number of rotatable bonds is 5. The molecule has 2 bridgehead atoms. The molecule has 2 aromatic rings. The third kappa shape index (κ3) is 4.65. The van der Waals surface area contributed by atoms with Crippen LogP contribution in [0, 0.1) is 0 Å². The van der Waals surface area contributed by atoms with Gasteiger partial charge in [-0.15, -0.1) is 0 Å². The lowest BCUT2D eigenvalue weighted by Crippen LogP contribution is -3.00. The van der Waals surface area contributed by atoms with Crippen molar-refractivity contribution in [1.29, 1.82) is 0 Å². The van der Waals surface area contributed by atoms with E-state index in [9.17, 15) is 4.79 Å². The molecule has 0 saturated carbocycles. The summed E-state index contributed by atoms with van der Waals surface area (Å²) in [6.07, 6.45) is 4.11. The zero-order chi connectivity index (χ0) is 20.4. The lowest BCUT2D eigenvalue weighted by Gasteiger charge is -2.44. The van der Waals surface area contributed by atoms with Crippen LogP contribution >= 0.6 is 0 Å². The van der Waals surface area contributed by atoms with Gasteiger partial charge in [0.25, 0.3) is 0 Å². The summed E-state index contributed by atoms with van der Waals surface area (Å²) >= 11 is 0. The molecule has 1 amide bonds. The number of anilines is 1. The smallest absolute Gasteiger partial charge is 0.414 e. The Morgan fingerprint density at radius 2 is 1.70 bits per heavy atom. The second-order valence-electron chi connectivity index (χ2n) is 8.76. The van der Waals surface area contributed by atoms with Gasteiger partial charge in [-0.3, -0.25) is 4.90 Å². The molecule has 2 aliphatic rings.